The fourth-order valence-electron chi connectivity index (χ4n) is 6.52. The van der Waals surface area contributed by atoms with Gasteiger partial charge in [0.2, 0.25) is 0 Å². The molecular formula is C40H72O8. The molecule has 280 valence electrons. The van der Waals surface area contributed by atoms with Gasteiger partial charge >= 0.3 is 11.9 Å². The standard InChI is InChI=1S/C40H72O8/c1-4-5-17-23-33(41)27-28-36-35(37(43)29-38(36)44)24-19-15-16-21-26-40(46)48-31-34(42)30-47-39(45)25-20-14-12-10-8-6-7-9-11-13-18-22-32(2)3/h27-28,32-36,38,41-42,44H,4-26,29-31H2,1-3H3/b28-27+/t33-,34-,35+,36+,38+/m0/s1. The molecule has 0 aromatic rings. The second kappa shape index (κ2) is 29.0. The van der Waals surface area contributed by atoms with Crippen molar-refractivity contribution >= 4 is 17.7 Å². The lowest BCUT2D eigenvalue weighted by Crippen LogP contribution is -2.25. The molecule has 1 rings (SSSR count). The Labute approximate surface area is 292 Å². The summed E-state index contributed by atoms with van der Waals surface area (Å²) in [5.41, 5.74) is 0. The van der Waals surface area contributed by atoms with Crippen molar-refractivity contribution in [1.29, 1.82) is 0 Å². The first-order chi connectivity index (χ1) is 23.1. The van der Waals surface area contributed by atoms with Crippen LogP contribution in [0.3, 0.4) is 0 Å². The van der Waals surface area contributed by atoms with Crippen molar-refractivity contribution in [1.82, 2.24) is 0 Å². The lowest BCUT2D eigenvalue weighted by Gasteiger charge is -2.18. The second-order valence-electron chi connectivity index (χ2n) is 14.7. The molecule has 5 atom stereocenters. The summed E-state index contributed by atoms with van der Waals surface area (Å²) in [6.45, 7) is 6.33. The van der Waals surface area contributed by atoms with Crippen molar-refractivity contribution in [3.05, 3.63) is 12.2 Å². The minimum Gasteiger partial charge on any atom is -0.463 e. The molecule has 1 saturated carbocycles. The van der Waals surface area contributed by atoms with Crippen LogP contribution in [0.25, 0.3) is 0 Å². The van der Waals surface area contributed by atoms with Gasteiger partial charge in [0.15, 0.2) is 0 Å². The maximum atomic E-state index is 12.5. The highest BCUT2D eigenvalue weighted by molar-refractivity contribution is 5.84. The summed E-state index contributed by atoms with van der Waals surface area (Å²) in [4.78, 5) is 36.5. The van der Waals surface area contributed by atoms with E-state index in [2.05, 4.69) is 20.8 Å². The minimum atomic E-state index is -1.04. The number of unbranched alkanes of at least 4 members (excludes halogenated alkanes) is 15. The predicted molar refractivity (Wildman–Crippen MR) is 192 cm³/mol. The lowest BCUT2D eigenvalue weighted by atomic mass is 9.88. The molecule has 0 aliphatic heterocycles. The van der Waals surface area contributed by atoms with Crippen molar-refractivity contribution < 1.29 is 39.2 Å². The Morgan fingerprint density at radius 1 is 0.729 bits per heavy atom. The highest BCUT2D eigenvalue weighted by Crippen LogP contribution is 2.34. The Morgan fingerprint density at radius 2 is 1.21 bits per heavy atom. The monoisotopic (exact) mass is 681 g/mol. The number of ether oxygens (including phenoxy) is 2. The maximum absolute atomic E-state index is 12.5. The summed E-state index contributed by atoms with van der Waals surface area (Å²) in [5, 5.41) is 30.6. The molecule has 1 fully saturated rings. The number of aliphatic hydroxyl groups excluding tert-OH is 3. The van der Waals surface area contributed by atoms with Gasteiger partial charge in [0.25, 0.3) is 0 Å². The van der Waals surface area contributed by atoms with Crippen LogP contribution in [-0.2, 0) is 23.9 Å². The molecule has 48 heavy (non-hydrogen) atoms. The van der Waals surface area contributed by atoms with E-state index in [9.17, 15) is 29.7 Å². The van der Waals surface area contributed by atoms with Gasteiger partial charge in [-0.25, -0.2) is 0 Å². The third-order valence-electron chi connectivity index (χ3n) is 9.57. The highest BCUT2D eigenvalue weighted by Gasteiger charge is 2.39. The fourth-order valence-corrected chi connectivity index (χ4v) is 6.52. The summed E-state index contributed by atoms with van der Waals surface area (Å²) in [5.74, 6) is -0.283. The molecule has 8 heteroatoms. The van der Waals surface area contributed by atoms with Crippen LogP contribution in [0.1, 0.15) is 175 Å². The number of rotatable bonds is 31. The number of aliphatic hydroxyl groups is 3. The Bertz CT molecular complexity index is 856. The second-order valence-corrected chi connectivity index (χ2v) is 14.7. The fraction of sp³-hybridized carbons (Fsp3) is 0.875. The summed E-state index contributed by atoms with van der Waals surface area (Å²) < 4.78 is 10.3. The number of carbonyl (C=O) groups is 3. The van der Waals surface area contributed by atoms with E-state index in [-0.39, 0.29) is 55.6 Å². The Hall–Kier alpha value is -1.77. The summed E-state index contributed by atoms with van der Waals surface area (Å²) >= 11 is 0. The molecule has 1 aliphatic rings. The molecule has 3 N–H and O–H groups in total. The van der Waals surface area contributed by atoms with E-state index in [0.717, 1.165) is 63.7 Å². The van der Waals surface area contributed by atoms with Gasteiger partial charge in [-0.3, -0.25) is 14.4 Å². The molecule has 0 amide bonds. The van der Waals surface area contributed by atoms with Gasteiger partial charge in [-0.15, -0.1) is 0 Å². The molecule has 0 aromatic carbocycles. The van der Waals surface area contributed by atoms with E-state index in [4.69, 9.17) is 9.47 Å². The molecule has 1 aliphatic carbocycles. The minimum absolute atomic E-state index is 0.0832. The van der Waals surface area contributed by atoms with Gasteiger partial charge in [0.1, 0.15) is 25.1 Å². The van der Waals surface area contributed by atoms with Crippen LogP contribution in [0.5, 0.6) is 0 Å². The van der Waals surface area contributed by atoms with Crippen molar-refractivity contribution in [3.8, 4) is 0 Å². The topological polar surface area (TPSA) is 130 Å². The largest absolute Gasteiger partial charge is 0.463 e. The lowest BCUT2D eigenvalue weighted by molar-refractivity contribution is -0.152. The van der Waals surface area contributed by atoms with Gasteiger partial charge in [-0.1, -0.05) is 142 Å². The van der Waals surface area contributed by atoms with E-state index in [1.165, 1.54) is 57.8 Å². The summed E-state index contributed by atoms with van der Waals surface area (Å²) in [6.07, 6.45) is 24.5. The molecule has 0 bridgehead atoms. The number of Topliss-reactive ketones (excluding diaryl/α,β-unsaturated/α-hetero) is 1. The van der Waals surface area contributed by atoms with Crippen LogP contribution in [0, 0.1) is 17.8 Å². The molecule has 0 radical (unpaired) electrons. The first-order valence-corrected chi connectivity index (χ1v) is 19.7. The number of esters is 2. The van der Waals surface area contributed by atoms with Crippen LogP contribution < -0.4 is 0 Å². The van der Waals surface area contributed by atoms with E-state index >= 15 is 0 Å². The van der Waals surface area contributed by atoms with Gasteiger partial charge in [-0.2, -0.15) is 0 Å². The van der Waals surface area contributed by atoms with Crippen LogP contribution in [0.4, 0.5) is 0 Å². The zero-order chi connectivity index (χ0) is 35.4. The van der Waals surface area contributed by atoms with E-state index in [0.29, 0.717) is 25.7 Å². The van der Waals surface area contributed by atoms with E-state index in [1.54, 1.807) is 6.08 Å². The van der Waals surface area contributed by atoms with Crippen molar-refractivity contribution in [3.63, 3.8) is 0 Å². The van der Waals surface area contributed by atoms with E-state index in [1.807, 2.05) is 6.08 Å². The average Bonchev–Trinajstić information content (AvgIpc) is 3.32. The molecule has 8 nitrogen and oxygen atoms in total. The normalized spacial score (nSPS) is 19.3. The molecule has 0 saturated heterocycles. The third kappa shape index (κ3) is 23.6. The number of hydrogen-bond donors (Lipinski definition) is 3. The zero-order valence-electron chi connectivity index (χ0n) is 30.9. The predicted octanol–water partition coefficient (Wildman–Crippen LogP) is 8.57. The summed E-state index contributed by atoms with van der Waals surface area (Å²) in [7, 11) is 0. The average molecular weight is 681 g/mol. The molecule has 0 heterocycles. The maximum Gasteiger partial charge on any atom is 0.305 e. The van der Waals surface area contributed by atoms with Crippen LogP contribution in [-0.4, -0.2) is 64.6 Å². The SMILES string of the molecule is CCCCC[C@H](O)/C=C/[C@H]1[C@H](O)CC(=O)[C@@H]1CCCCCCC(=O)OC[C@@H](O)COC(=O)CCCCCCCCCCCCCC(C)C. The van der Waals surface area contributed by atoms with Gasteiger partial charge in [-0.05, 0) is 31.6 Å². The number of carbonyl (C=O) groups excluding carboxylic acids is 3. The smallest absolute Gasteiger partial charge is 0.305 e. The first kappa shape index (κ1) is 44.3. The number of ketones is 1. The van der Waals surface area contributed by atoms with Crippen molar-refractivity contribution in [2.24, 2.45) is 17.8 Å². The Kier molecular flexibility index (Phi) is 26.7. The zero-order valence-corrected chi connectivity index (χ0v) is 30.9. The molecule has 0 spiro atoms. The van der Waals surface area contributed by atoms with Gasteiger partial charge < -0.3 is 24.8 Å². The van der Waals surface area contributed by atoms with Crippen LogP contribution in [0.15, 0.2) is 12.2 Å². The highest BCUT2D eigenvalue weighted by atomic mass is 16.6. The van der Waals surface area contributed by atoms with Crippen LogP contribution >= 0.6 is 0 Å². The molecule has 0 unspecified atom stereocenters. The van der Waals surface area contributed by atoms with Gasteiger partial charge in [0.05, 0.1) is 12.2 Å². The molecular weight excluding hydrogens is 608 g/mol. The first-order valence-electron chi connectivity index (χ1n) is 19.7. The quantitative estimate of drug-likeness (QED) is 0.0377. The van der Waals surface area contributed by atoms with Crippen LogP contribution in [0.2, 0.25) is 0 Å². The Balaban J connectivity index is 2.02. The van der Waals surface area contributed by atoms with Crippen molar-refractivity contribution in [2.45, 2.75) is 193 Å². The van der Waals surface area contributed by atoms with E-state index < -0.39 is 18.3 Å². The van der Waals surface area contributed by atoms with Crippen molar-refractivity contribution in [2.75, 3.05) is 13.2 Å². The van der Waals surface area contributed by atoms with Gasteiger partial charge in [0, 0.05) is 31.1 Å². The summed E-state index contributed by atoms with van der Waals surface area (Å²) in [6, 6.07) is 0. The number of hydrogen-bond acceptors (Lipinski definition) is 8. The third-order valence-corrected chi connectivity index (χ3v) is 9.57. The Morgan fingerprint density at radius 3 is 1.73 bits per heavy atom. The molecule has 0 aromatic heterocycles.